The summed E-state index contributed by atoms with van der Waals surface area (Å²) in [4.78, 5) is 11.7. The molecule has 0 bridgehead atoms. The zero-order chi connectivity index (χ0) is 15.5. The zero-order valence-electron chi connectivity index (χ0n) is 11.0. The van der Waals surface area contributed by atoms with Crippen molar-refractivity contribution in [2.45, 2.75) is 23.8 Å². The third-order valence-electron chi connectivity index (χ3n) is 3.31. The van der Waals surface area contributed by atoms with Crippen LogP contribution < -0.4 is 10.2 Å². The highest BCUT2D eigenvalue weighted by Gasteiger charge is 2.32. The normalized spacial score (nSPS) is 22.0. The van der Waals surface area contributed by atoms with Gasteiger partial charge in [-0.2, -0.15) is 0 Å². The molecule has 6 nitrogen and oxygen atoms in total. The number of halogens is 1. The fourth-order valence-corrected chi connectivity index (χ4v) is 3.75. The van der Waals surface area contributed by atoms with Crippen LogP contribution in [0, 0.1) is 5.92 Å². The van der Waals surface area contributed by atoms with Crippen molar-refractivity contribution >= 4 is 31.9 Å². The summed E-state index contributed by atoms with van der Waals surface area (Å²) in [6, 6.07) is 5.63. The molecule has 0 saturated heterocycles. The number of hydrogen-bond donors (Lipinski definition) is 3. The molecule has 8 heteroatoms. The number of hydroxylamine groups is 1. The van der Waals surface area contributed by atoms with Gasteiger partial charge in [0.1, 0.15) is 0 Å². The van der Waals surface area contributed by atoms with E-state index in [-0.39, 0.29) is 4.90 Å². The van der Waals surface area contributed by atoms with Crippen molar-refractivity contribution in [3.05, 3.63) is 40.9 Å². The predicted octanol–water partition coefficient (Wildman–Crippen LogP) is 1.57. The average molecular weight is 375 g/mol. The van der Waals surface area contributed by atoms with Crippen molar-refractivity contribution < 1.29 is 18.4 Å². The first-order valence-corrected chi connectivity index (χ1v) is 8.58. The molecule has 0 fully saturated rings. The van der Waals surface area contributed by atoms with Crippen molar-refractivity contribution in [3.63, 3.8) is 0 Å². The van der Waals surface area contributed by atoms with Crippen LogP contribution in [0.5, 0.6) is 0 Å². The summed E-state index contributed by atoms with van der Waals surface area (Å²) in [6.07, 6.45) is 4.38. The number of sulfonamides is 1. The Morgan fingerprint density at radius 3 is 2.43 bits per heavy atom. The minimum atomic E-state index is -3.72. The van der Waals surface area contributed by atoms with Crippen molar-refractivity contribution in [3.8, 4) is 0 Å². The van der Waals surface area contributed by atoms with Crippen molar-refractivity contribution in [1.29, 1.82) is 0 Å². The lowest BCUT2D eigenvalue weighted by atomic mass is 9.89. The van der Waals surface area contributed by atoms with Crippen LogP contribution in [-0.2, 0) is 14.8 Å². The second kappa shape index (κ2) is 6.69. The third kappa shape index (κ3) is 3.91. The number of carbonyl (C=O) groups is 1. The maximum Gasteiger partial charge on any atom is 0.248 e. The molecule has 1 aromatic carbocycles. The van der Waals surface area contributed by atoms with E-state index in [4.69, 9.17) is 5.21 Å². The molecule has 2 unspecified atom stereocenters. The summed E-state index contributed by atoms with van der Waals surface area (Å²) in [5.41, 5.74) is 1.58. The highest BCUT2D eigenvalue weighted by molar-refractivity contribution is 9.10. The quantitative estimate of drug-likeness (QED) is 0.423. The van der Waals surface area contributed by atoms with E-state index in [1.165, 1.54) is 12.1 Å². The zero-order valence-corrected chi connectivity index (χ0v) is 13.4. The molecular formula is C13H15BrN2O4S. The van der Waals surface area contributed by atoms with Gasteiger partial charge in [-0.1, -0.05) is 28.1 Å². The van der Waals surface area contributed by atoms with Crippen LogP contribution in [0.3, 0.4) is 0 Å². The lowest BCUT2D eigenvalue weighted by Crippen LogP contribution is -2.46. The number of nitrogens with one attached hydrogen (secondary N) is 2. The van der Waals surface area contributed by atoms with E-state index >= 15 is 0 Å². The molecule has 0 aliphatic heterocycles. The maximum absolute atomic E-state index is 12.3. The van der Waals surface area contributed by atoms with E-state index in [1.807, 2.05) is 6.08 Å². The molecule has 0 aromatic heterocycles. The Hall–Kier alpha value is -1.22. The molecule has 0 spiro atoms. The highest BCUT2D eigenvalue weighted by atomic mass is 79.9. The number of hydrogen-bond acceptors (Lipinski definition) is 4. The maximum atomic E-state index is 12.3. The summed E-state index contributed by atoms with van der Waals surface area (Å²) < 4.78 is 28.0. The van der Waals surface area contributed by atoms with Crippen LogP contribution in [0.4, 0.5) is 0 Å². The molecule has 1 aromatic rings. The van der Waals surface area contributed by atoms with Gasteiger partial charge in [-0.3, -0.25) is 10.0 Å². The SMILES string of the molecule is O=C(NO)C1CC=CCC1NS(=O)(=O)c1ccc(Br)cc1. The third-order valence-corrected chi connectivity index (χ3v) is 5.34. The smallest absolute Gasteiger partial charge is 0.248 e. The van der Waals surface area contributed by atoms with Gasteiger partial charge in [-0.25, -0.2) is 18.6 Å². The first kappa shape index (κ1) is 16.2. The number of amides is 1. The molecule has 1 amide bonds. The van der Waals surface area contributed by atoms with Crippen molar-refractivity contribution in [2.75, 3.05) is 0 Å². The lowest BCUT2D eigenvalue weighted by Gasteiger charge is -2.27. The van der Waals surface area contributed by atoms with E-state index in [9.17, 15) is 13.2 Å². The monoisotopic (exact) mass is 374 g/mol. The number of rotatable bonds is 4. The van der Waals surface area contributed by atoms with Crippen LogP contribution in [0.1, 0.15) is 12.8 Å². The molecule has 2 rings (SSSR count). The van der Waals surface area contributed by atoms with Crippen LogP contribution in [0.15, 0.2) is 45.8 Å². The molecule has 114 valence electrons. The van der Waals surface area contributed by atoms with Gasteiger partial charge in [0.2, 0.25) is 15.9 Å². The largest absolute Gasteiger partial charge is 0.289 e. The van der Waals surface area contributed by atoms with E-state index in [1.54, 1.807) is 23.7 Å². The molecule has 3 N–H and O–H groups in total. The van der Waals surface area contributed by atoms with Gasteiger partial charge in [0.05, 0.1) is 10.8 Å². The molecule has 21 heavy (non-hydrogen) atoms. The van der Waals surface area contributed by atoms with Crippen LogP contribution in [-0.4, -0.2) is 25.6 Å². The molecule has 1 aliphatic carbocycles. The number of carbonyl (C=O) groups excluding carboxylic acids is 1. The first-order valence-electron chi connectivity index (χ1n) is 6.31. The molecule has 2 atom stereocenters. The highest BCUT2D eigenvalue weighted by Crippen LogP contribution is 2.22. The van der Waals surface area contributed by atoms with Gasteiger partial charge in [-0.15, -0.1) is 0 Å². The lowest BCUT2D eigenvalue weighted by molar-refractivity contribution is -0.134. The summed E-state index contributed by atoms with van der Waals surface area (Å²) in [6.45, 7) is 0. The topological polar surface area (TPSA) is 95.5 Å². The molecule has 0 radical (unpaired) electrons. The van der Waals surface area contributed by atoms with Gasteiger partial charge < -0.3 is 0 Å². The Morgan fingerprint density at radius 2 is 1.81 bits per heavy atom. The summed E-state index contributed by atoms with van der Waals surface area (Å²) >= 11 is 3.24. The summed E-state index contributed by atoms with van der Waals surface area (Å²) in [7, 11) is -3.72. The van der Waals surface area contributed by atoms with Gasteiger partial charge in [-0.05, 0) is 37.1 Å². The number of benzene rings is 1. The van der Waals surface area contributed by atoms with Gasteiger partial charge in [0, 0.05) is 10.5 Å². The van der Waals surface area contributed by atoms with E-state index in [0.717, 1.165) is 4.47 Å². The van der Waals surface area contributed by atoms with Crippen LogP contribution >= 0.6 is 15.9 Å². The van der Waals surface area contributed by atoms with Crippen molar-refractivity contribution in [1.82, 2.24) is 10.2 Å². The standard InChI is InChI=1S/C13H15BrN2O4S/c14-9-5-7-10(8-6-9)21(19,20)16-12-4-2-1-3-11(12)13(17)15-18/h1-2,5-8,11-12,16,18H,3-4H2,(H,15,17). The van der Waals surface area contributed by atoms with E-state index in [2.05, 4.69) is 20.7 Å². The number of allylic oxidation sites excluding steroid dienone is 1. The summed E-state index contributed by atoms with van der Waals surface area (Å²) in [5, 5.41) is 8.74. The summed E-state index contributed by atoms with van der Waals surface area (Å²) in [5.74, 6) is -1.23. The van der Waals surface area contributed by atoms with Gasteiger partial charge in [0.15, 0.2) is 0 Å². The molecule has 0 saturated carbocycles. The van der Waals surface area contributed by atoms with Gasteiger partial charge >= 0.3 is 0 Å². The average Bonchev–Trinajstić information content (AvgIpc) is 2.47. The Labute approximate surface area is 131 Å². The van der Waals surface area contributed by atoms with Crippen molar-refractivity contribution in [2.24, 2.45) is 5.92 Å². The second-order valence-corrected chi connectivity index (χ2v) is 7.34. The Morgan fingerprint density at radius 1 is 1.19 bits per heavy atom. The van der Waals surface area contributed by atoms with E-state index < -0.39 is 27.9 Å². The fraction of sp³-hybridized carbons (Fsp3) is 0.308. The first-order chi connectivity index (χ1) is 9.94. The Balaban J connectivity index is 2.20. The minimum absolute atomic E-state index is 0.128. The molecule has 0 heterocycles. The molecular weight excluding hydrogens is 360 g/mol. The van der Waals surface area contributed by atoms with Crippen LogP contribution in [0.2, 0.25) is 0 Å². The predicted molar refractivity (Wildman–Crippen MR) is 80.0 cm³/mol. The van der Waals surface area contributed by atoms with Gasteiger partial charge in [0.25, 0.3) is 0 Å². The fourth-order valence-electron chi connectivity index (χ4n) is 2.20. The van der Waals surface area contributed by atoms with Crippen LogP contribution in [0.25, 0.3) is 0 Å². The minimum Gasteiger partial charge on any atom is -0.289 e. The van der Waals surface area contributed by atoms with E-state index in [0.29, 0.717) is 12.8 Å². The second-order valence-electron chi connectivity index (χ2n) is 4.71. The molecule has 1 aliphatic rings. The Kier molecular flexibility index (Phi) is 5.15. The Bertz CT molecular complexity index is 643.